The minimum Gasteiger partial charge on any atom is -0.143 e. The van der Waals surface area contributed by atoms with Gasteiger partial charge in [-0.25, -0.2) is 0 Å². The van der Waals surface area contributed by atoms with Crippen molar-refractivity contribution in [3.05, 3.63) is 96.4 Å². The normalized spacial score (nSPS) is 11.0. The summed E-state index contributed by atoms with van der Waals surface area (Å²) in [6.45, 7) is 0. The molecule has 0 atom stereocenters. The minimum atomic E-state index is 1.26. The zero-order chi connectivity index (χ0) is 18.1. The van der Waals surface area contributed by atoms with Gasteiger partial charge in [-0.3, -0.25) is 0 Å². The Hall–Kier alpha value is -2.46. The van der Waals surface area contributed by atoms with Gasteiger partial charge in [0, 0.05) is 24.4 Å². The zero-order valence-corrected chi connectivity index (χ0v) is 16.9. The first-order valence-electron chi connectivity index (χ1n) is 8.77. The molecule has 0 aliphatic carbocycles. The summed E-state index contributed by atoms with van der Waals surface area (Å²) < 4.78 is 0. The molecule has 0 nitrogen and oxygen atoms in total. The van der Waals surface area contributed by atoms with Gasteiger partial charge in [0.2, 0.25) is 0 Å². The molecule has 0 N–H and O–H groups in total. The first-order chi connectivity index (χ1) is 13.4. The molecule has 3 heteroatoms. The van der Waals surface area contributed by atoms with Crippen molar-refractivity contribution in [2.45, 2.75) is 0 Å². The Morgan fingerprint density at radius 3 is 1.59 bits per heavy atom. The van der Waals surface area contributed by atoms with Crippen LogP contribution in [0.15, 0.2) is 96.4 Å². The lowest BCUT2D eigenvalue weighted by atomic mass is 10.0. The van der Waals surface area contributed by atoms with Crippen molar-refractivity contribution in [3.63, 3.8) is 0 Å². The number of hydrogen-bond acceptors (Lipinski definition) is 3. The van der Waals surface area contributed by atoms with Crippen molar-refractivity contribution in [3.8, 4) is 41.1 Å². The van der Waals surface area contributed by atoms with Gasteiger partial charge in [-0.1, -0.05) is 60.7 Å². The van der Waals surface area contributed by atoms with Crippen LogP contribution in [-0.4, -0.2) is 0 Å². The fourth-order valence-corrected chi connectivity index (χ4v) is 6.05. The maximum Gasteiger partial charge on any atom is 0.0449 e. The minimum absolute atomic E-state index is 1.26. The van der Waals surface area contributed by atoms with E-state index in [0.717, 1.165) is 0 Å². The monoisotopic (exact) mass is 400 g/mol. The highest BCUT2D eigenvalue weighted by Crippen LogP contribution is 2.41. The van der Waals surface area contributed by atoms with Gasteiger partial charge in [0.05, 0.1) is 0 Å². The molecular weight excluding hydrogens is 384 g/mol. The van der Waals surface area contributed by atoms with Gasteiger partial charge in [0.15, 0.2) is 0 Å². The Kier molecular flexibility index (Phi) is 4.50. The summed E-state index contributed by atoms with van der Waals surface area (Å²) in [6.07, 6.45) is 0. The van der Waals surface area contributed by atoms with Crippen LogP contribution in [0.4, 0.5) is 0 Å². The van der Waals surface area contributed by atoms with Crippen molar-refractivity contribution in [1.82, 2.24) is 0 Å². The molecule has 0 bridgehead atoms. The first-order valence-corrected chi connectivity index (χ1v) is 11.3. The number of hydrogen-bond donors (Lipinski definition) is 0. The molecule has 0 aliphatic heterocycles. The summed E-state index contributed by atoms with van der Waals surface area (Å²) in [5.74, 6) is 0. The van der Waals surface area contributed by atoms with E-state index in [0.29, 0.717) is 0 Å². The fraction of sp³-hybridized carbons (Fsp3) is 0. The topological polar surface area (TPSA) is 0 Å². The lowest BCUT2D eigenvalue weighted by molar-refractivity contribution is 1.62. The maximum absolute atomic E-state index is 2.25. The zero-order valence-electron chi connectivity index (χ0n) is 14.5. The van der Waals surface area contributed by atoms with Crippen LogP contribution in [-0.2, 0) is 0 Å². The Morgan fingerprint density at radius 1 is 0.370 bits per heavy atom. The molecule has 0 saturated heterocycles. The van der Waals surface area contributed by atoms with Crippen molar-refractivity contribution < 1.29 is 0 Å². The van der Waals surface area contributed by atoms with Crippen LogP contribution in [0, 0.1) is 0 Å². The smallest absolute Gasteiger partial charge is 0.0449 e. The van der Waals surface area contributed by atoms with Gasteiger partial charge in [-0.2, -0.15) is 0 Å². The van der Waals surface area contributed by atoms with Crippen LogP contribution in [0.3, 0.4) is 0 Å². The Balaban J connectivity index is 1.41. The fourth-order valence-electron chi connectivity index (χ4n) is 3.10. The summed E-state index contributed by atoms with van der Waals surface area (Å²) in [5, 5.41) is 2.14. The molecule has 0 saturated carbocycles. The predicted octanol–water partition coefficient (Wildman–Crippen LogP) is 8.54. The molecule has 0 aliphatic rings. The van der Waals surface area contributed by atoms with E-state index in [2.05, 4.69) is 96.4 Å². The van der Waals surface area contributed by atoms with E-state index >= 15 is 0 Å². The average Bonchev–Trinajstić information content (AvgIpc) is 3.49. The molecule has 5 aromatic rings. The summed E-state index contributed by atoms with van der Waals surface area (Å²) >= 11 is 5.54. The molecule has 5 rings (SSSR count). The van der Waals surface area contributed by atoms with Gasteiger partial charge in [0.25, 0.3) is 0 Å². The second-order valence-corrected chi connectivity index (χ2v) is 9.36. The molecule has 0 spiro atoms. The largest absolute Gasteiger partial charge is 0.143 e. The molecule has 3 heterocycles. The quantitative estimate of drug-likeness (QED) is 0.283. The van der Waals surface area contributed by atoms with Gasteiger partial charge < -0.3 is 0 Å². The Morgan fingerprint density at radius 2 is 0.926 bits per heavy atom. The third kappa shape index (κ3) is 3.42. The maximum atomic E-state index is 2.25. The molecule has 0 radical (unpaired) electrons. The average molecular weight is 401 g/mol. The van der Waals surface area contributed by atoms with E-state index in [-0.39, 0.29) is 0 Å². The summed E-state index contributed by atoms with van der Waals surface area (Å²) in [4.78, 5) is 6.69. The van der Waals surface area contributed by atoms with E-state index in [4.69, 9.17) is 0 Å². The molecule has 27 heavy (non-hydrogen) atoms. The Labute approximate surface area is 171 Å². The molecule has 0 unspecified atom stereocenters. The van der Waals surface area contributed by atoms with Gasteiger partial charge in [0.1, 0.15) is 0 Å². The Bertz CT molecular complexity index is 1140. The van der Waals surface area contributed by atoms with Crippen LogP contribution < -0.4 is 0 Å². The van der Waals surface area contributed by atoms with Crippen LogP contribution in [0.1, 0.15) is 0 Å². The van der Waals surface area contributed by atoms with Crippen LogP contribution in [0.5, 0.6) is 0 Å². The molecule has 0 fully saturated rings. The van der Waals surface area contributed by atoms with Crippen molar-refractivity contribution >= 4 is 34.0 Å². The SMILES string of the molecule is c1ccc(-c2ccc(-c3ccc(-c4ccc(-c5cccs5)s4)s3)cc2)cc1. The highest BCUT2D eigenvalue weighted by molar-refractivity contribution is 7.27. The van der Waals surface area contributed by atoms with Crippen LogP contribution >= 0.6 is 34.0 Å². The second-order valence-electron chi connectivity index (χ2n) is 6.25. The van der Waals surface area contributed by atoms with Gasteiger partial charge in [-0.15, -0.1) is 34.0 Å². The van der Waals surface area contributed by atoms with E-state index in [1.807, 2.05) is 22.7 Å². The summed E-state index contributed by atoms with van der Waals surface area (Å²) in [6, 6.07) is 32.7. The second kappa shape index (κ2) is 7.28. The van der Waals surface area contributed by atoms with E-state index in [1.165, 1.54) is 41.1 Å². The highest BCUT2D eigenvalue weighted by atomic mass is 32.1. The van der Waals surface area contributed by atoms with E-state index < -0.39 is 0 Å². The third-order valence-electron chi connectivity index (χ3n) is 4.50. The van der Waals surface area contributed by atoms with Crippen molar-refractivity contribution in [1.29, 1.82) is 0 Å². The van der Waals surface area contributed by atoms with Gasteiger partial charge in [-0.05, 0) is 52.4 Å². The molecule has 2 aromatic carbocycles. The summed E-state index contributed by atoms with van der Waals surface area (Å²) in [5.41, 5.74) is 3.80. The van der Waals surface area contributed by atoms with Gasteiger partial charge >= 0.3 is 0 Å². The molecule has 130 valence electrons. The number of rotatable bonds is 4. The predicted molar refractivity (Wildman–Crippen MR) is 122 cm³/mol. The van der Waals surface area contributed by atoms with E-state index in [9.17, 15) is 0 Å². The van der Waals surface area contributed by atoms with E-state index in [1.54, 1.807) is 11.3 Å². The number of benzene rings is 2. The lowest BCUT2D eigenvalue weighted by Gasteiger charge is -2.03. The highest BCUT2D eigenvalue weighted by Gasteiger charge is 2.09. The molecule has 3 aromatic heterocycles. The van der Waals surface area contributed by atoms with Crippen molar-refractivity contribution in [2.24, 2.45) is 0 Å². The molecular formula is C24H16S3. The van der Waals surface area contributed by atoms with Crippen LogP contribution in [0.25, 0.3) is 41.1 Å². The van der Waals surface area contributed by atoms with Crippen molar-refractivity contribution in [2.75, 3.05) is 0 Å². The first kappa shape index (κ1) is 16.7. The standard InChI is InChI=1S/C24H16S3/c1-2-5-17(6-3-1)18-8-10-19(11-9-18)20-12-13-23(26-20)24-15-14-22(27-24)21-7-4-16-25-21/h1-16H. The lowest BCUT2D eigenvalue weighted by Crippen LogP contribution is -1.77. The van der Waals surface area contributed by atoms with Crippen LogP contribution in [0.2, 0.25) is 0 Å². The summed E-state index contributed by atoms with van der Waals surface area (Å²) in [7, 11) is 0. The number of thiophene rings is 3. The molecule has 0 amide bonds. The third-order valence-corrected chi connectivity index (χ3v) is 7.98.